The average molecular weight is 288 g/mol. The largest absolute Gasteiger partial charge is 0.303 e. The molecule has 0 aromatic carbocycles. The molecule has 1 aliphatic carbocycles. The minimum Gasteiger partial charge on any atom is -0.303 e. The highest BCUT2D eigenvalue weighted by Gasteiger charge is 2.24. The molecule has 2 heteroatoms. The Hall–Kier alpha value is 0.440. The first-order valence-corrected chi connectivity index (χ1v) is 8.03. The van der Waals surface area contributed by atoms with E-state index in [1.54, 1.807) is 0 Å². The van der Waals surface area contributed by atoms with Gasteiger partial charge in [0.1, 0.15) is 0 Å². The summed E-state index contributed by atoms with van der Waals surface area (Å²) in [5.74, 6) is 1.94. The van der Waals surface area contributed by atoms with E-state index in [0.29, 0.717) is 4.83 Å². The second-order valence-corrected chi connectivity index (χ2v) is 7.26. The molecular formula is C14H26BrN. The molecule has 0 amide bonds. The Balaban J connectivity index is 1.68. The minimum atomic E-state index is 0.712. The SMILES string of the molecule is CC(Br)C1CCN(CC2CCCCC2)CC1. The van der Waals surface area contributed by atoms with Crippen molar-refractivity contribution in [2.24, 2.45) is 11.8 Å². The summed E-state index contributed by atoms with van der Waals surface area (Å²) < 4.78 is 0. The van der Waals surface area contributed by atoms with Crippen molar-refractivity contribution in [1.82, 2.24) is 4.90 Å². The van der Waals surface area contributed by atoms with Crippen LogP contribution in [-0.4, -0.2) is 29.4 Å². The third kappa shape index (κ3) is 3.73. The lowest BCUT2D eigenvalue weighted by atomic mass is 9.87. The molecule has 0 radical (unpaired) electrons. The Kier molecular flexibility index (Phi) is 5.15. The monoisotopic (exact) mass is 287 g/mol. The zero-order valence-corrected chi connectivity index (χ0v) is 12.2. The molecule has 2 fully saturated rings. The summed E-state index contributed by atoms with van der Waals surface area (Å²) in [5.41, 5.74) is 0. The molecule has 0 aromatic rings. The van der Waals surface area contributed by atoms with Crippen molar-refractivity contribution in [3.05, 3.63) is 0 Å². The number of nitrogens with zero attached hydrogens (tertiary/aromatic N) is 1. The van der Waals surface area contributed by atoms with Gasteiger partial charge in [0.05, 0.1) is 0 Å². The summed E-state index contributed by atoms with van der Waals surface area (Å²) >= 11 is 3.74. The zero-order valence-electron chi connectivity index (χ0n) is 10.6. The molecule has 1 saturated heterocycles. The fourth-order valence-electron chi connectivity index (χ4n) is 3.33. The predicted molar refractivity (Wildman–Crippen MR) is 74.1 cm³/mol. The van der Waals surface area contributed by atoms with Gasteiger partial charge < -0.3 is 4.90 Å². The van der Waals surface area contributed by atoms with Crippen LogP contribution in [0.15, 0.2) is 0 Å². The fourth-order valence-corrected chi connectivity index (χ4v) is 3.86. The minimum absolute atomic E-state index is 0.712. The van der Waals surface area contributed by atoms with Crippen LogP contribution >= 0.6 is 15.9 Å². The second-order valence-electron chi connectivity index (χ2n) is 5.82. The molecule has 0 spiro atoms. The van der Waals surface area contributed by atoms with E-state index in [9.17, 15) is 0 Å². The molecule has 0 N–H and O–H groups in total. The molecule has 1 atom stereocenters. The molecule has 0 aromatic heterocycles. The van der Waals surface area contributed by atoms with Crippen molar-refractivity contribution < 1.29 is 0 Å². The van der Waals surface area contributed by atoms with Crippen LogP contribution in [0.4, 0.5) is 0 Å². The Morgan fingerprint density at radius 1 is 1.06 bits per heavy atom. The summed E-state index contributed by atoms with van der Waals surface area (Å²) in [7, 11) is 0. The molecule has 1 unspecified atom stereocenters. The van der Waals surface area contributed by atoms with Crippen molar-refractivity contribution >= 4 is 15.9 Å². The molecule has 0 bridgehead atoms. The van der Waals surface area contributed by atoms with Gasteiger partial charge in [-0.05, 0) is 50.6 Å². The number of hydrogen-bond donors (Lipinski definition) is 0. The van der Waals surface area contributed by atoms with Gasteiger partial charge in [0, 0.05) is 11.4 Å². The quantitative estimate of drug-likeness (QED) is 0.708. The third-order valence-corrected chi connectivity index (χ3v) is 5.27. The molecule has 94 valence electrons. The fraction of sp³-hybridized carbons (Fsp3) is 1.00. The van der Waals surface area contributed by atoms with Gasteiger partial charge in [-0.2, -0.15) is 0 Å². The van der Waals surface area contributed by atoms with Gasteiger partial charge in [0.25, 0.3) is 0 Å². The van der Waals surface area contributed by atoms with E-state index in [1.165, 1.54) is 64.6 Å². The van der Waals surface area contributed by atoms with Gasteiger partial charge in [-0.25, -0.2) is 0 Å². The molecular weight excluding hydrogens is 262 g/mol. The van der Waals surface area contributed by atoms with Crippen molar-refractivity contribution in [2.75, 3.05) is 19.6 Å². The van der Waals surface area contributed by atoms with Crippen molar-refractivity contribution in [3.8, 4) is 0 Å². The topological polar surface area (TPSA) is 3.24 Å². The van der Waals surface area contributed by atoms with Crippen molar-refractivity contribution in [1.29, 1.82) is 0 Å². The first kappa shape index (κ1) is 12.9. The lowest BCUT2D eigenvalue weighted by molar-refractivity contribution is 0.146. The highest BCUT2D eigenvalue weighted by Crippen LogP contribution is 2.28. The van der Waals surface area contributed by atoms with Crippen LogP contribution in [0.3, 0.4) is 0 Å². The number of halogens is 1. The Bertz CT molecular complexity index is 191. The average Bonchev–Trinajstić information content (AvgIpc) is 2.31. The van der Waals surface area contributed by atoms with E-state index in [-0.39, 0.29) is 0 Å². The van der Waals surface area contributed by atoms with Crippen LogP contribution in [0.25, 0.3) is 0 Å². The van der Waals surface area contributed by atoms with Gasteiger partial charge in [0.15, 0.2) is 0 Å². The van der Waals surface area contributed by atoms with Gasteiger partial charge in [-0.15, -0.1) is 0 Å². The van der Waals surface area contributed by atoms with Crippen LogP contribution in [0.2, 0.25) is 0 Å². The van der Waals surface area contributed by atoms with Gasteiger partial charge in [-0.3, -0.25) is 0 Å². The van der Waals surface area contributed by atoms with Crippen LogP contribution in [0.5, 0.6) is 0 Å². The van der Waals surface area contributed by atoms with E-state index in [2.05, 4.69) is 27.8 Å². The molecule has 1 aliphatic heterocycles. The van der Waals surface area contributed by atoms with Gasteiger partial charge >= 0.3 is 0 Å². The molecule has 2 aliphatic rings. The molecule has 1 saturated carbocycles. The number of piperidine rings is 1. The maximum atomic E-state index is 3.74. The van der Waals surface area contributed by atoms with E-state index in [4.69, 9.17) is 0 Å². The van der Waals surface area contributed by atoms with Crippen LogP contribution in [0.1, 0.15) is 51.9 Å². The zero-order chi connectivity index (χ0) is 11.4. The molecule has 1 nitrogen and oxygen atoms in total. The summed E-state index contributed by atoms with van der Waals surface area (Å²) in [4.78, 5) is 3.44. The predicted octanol–water partition coefficient (Wildman–Crippen LogP) is 4.06. The molecule has 2 rings (SSSR count). The van der Waals surface area contributed by atoms with Crippen LogP contribution in [0, 0.1) is 11.8 Å². The third-order valence-electron chi connectivity index (χ3n) is 4.52. The Morgan fingerprint density at radius 2 is 1.69 bits per heavy atom. The van der Waals surface area contributed by atoms with E-state index in [1.807, 2.05) is 0 Å². The molecule has 16 heavy (non-hydrogen) atoms. The van der Waals surface area contributed by atoms with Crippen molar-refractivity contribution in [3.63, 3.8) is 0 Å². The number of alkyl halides is 1. The number of rotatable bonds is 3. The van der Waals surface area contributed by atoms with Crippen molar-refractivity contribution in [2.45, 2.75) is 56.7 Å². The second kappa shape index (κ2) is 6.39. The maximum absolute atomic E-state index is 3.74. The highest BCUT2D eigenvalue weighted by molar-refractivity contribution is 9.09. The van der Waals surface area contributed by atoms with Gasteiger partial charge in [0.2, 0.25) is 0 Å². The van der Waals surface area contributed by atoms with Crippen LogP contribution < -0.4 is 0 Å². The first-order valence-electron chi connectivity index (χ1n) is 7.12. The smallest absolute Gasteiger partial charge is 0.0146 e. The van der Waals surface area contributed by atoms with E-state index in [0.717, 1.165) is 11.8 Å². The summed E-state index contributed by atoms with van der Waals surface area (Å²) in [6, 6.07) is 0. The van der Waals surface area contributed by atoms with Gasteiger partial charge in [-0.1, -0.05) is 42.1 Å². The summed E-state index contributed by atoms with van der Waals surface area (Å²) in [6.07, 6.45) is 10.3. The lowest BCUT2D eigenvalue weighted by Gasteiger charge is -2.36. The number of likely N-dealkylation sites (tertiary alicyclic amines) is 1. The van der Waals surface area contributed by atoms with E-state index < -0.39 is 0 Å². The Morgan fingerprint density at radius 3 is 2.25 bits per heavy atom. The van der Waals surface area contributed by atoms with Crippen LogP contribution in [-0.2, 0) is 0 Å². The normalized spacial score (nSPS) is 28.1. The lowest BCUT2D eigenvalue weighted by Crippen LogP contribution is -2.39. The molecule has 1 heterocycles. The standard InChI is InChI=1S/C14H26BrN/c1-12(15)14-7-9-16(10-8-14)11-13-5-3-2-4-6-13/h12-14H,2-11H2,1H3. The Labute approximate surface area is 109 Å². The van der Waals surface area contributed by atoms with E-state index >= 15 is 0 Å². The summed E-state index contributed by atoms with van der Waals surface area (Å²) in [5, 5.41) is 0. The summed E-state index contributed by atoms with van der Waals surface area (Å²) in [6.45, 7) is 6.39. The number of hydrogen-bond acceptors (Lipinski definition) is 1. The maximum Gasteiger partial charge on any atom is 0.0146 e. The highest BCUT2D eigenvalue weighted by atomic mass is 79.9. The first-order chi connectivity index (χ1) is 7.75.